The Hall–Kier alpha value is -2.70. The molecule has 0 amide bonds. The lowest BCUT2D eigenvalue weighted by atomic mass is 10.0. The first kappa shape index (κ1) is 34.5. The molecule has 41 heavy (non-hydrogen) atoms. The molecule has 1 aliphatic rings. The van der Waals surface area contributed by atoms with E-state index in [9.17, 15) is 9.90 Å². The molecule has 0 radical (unpaired) electrons. The SMILES string of the molecule is C#CCN(c1ccc(C(=O)OCCCC)cc1)C1CCC(=C/C(C)N=CCO[Si](C)(C)C(C)(C)C)/C1=C\CC(N)O. The van der Waals surface area contributed by atoms with Crippen LogP contribution in [0.25, 0.3) is 0 Å². The molecule has 0 aliphatic heterocycles. The second-order valence-corrected chi connectivity index (χ2v) is 17.0. The Bertz CT molecular complexity index is 1110. The quantitative estimate of drug-likeness (QED) is 0.0674. The summed E-state index contributed by atoms with van der Waals surface area (Å²) in [4.78, 5) is 19.3. The normalized spacial score (nSPS) is 19.5. The van der Waals surface area contributed by atoms with Crippen molar-refractivity contribution < 1.29 is 19.1 Å². The Kier molecular flexibility index (Phi) is 13.5. The molecule has 1 aromatic rings. The molecule has 3 unspecified atom stereocenters. The number of esters is 1. The first-order chi connectivity index (χ1) is 19.3. The molecule has 0 aromatic heterocycles. The van der Waals surface area contributed by atoms with Gasteiger partial charge in [-0.05, 0) is 79.7 Å². The maximum absolute atomic E-state index is 12.4. The van der Waals surface area contributed by atoms with Crippen LogP contribution >= 0.6 is 0 Å². The molecule has 226 valence electrons. The highest BCUT2D eigenvalue weighted by molar-refractivity contribution is 6.74. The molecule has 7 nitrogen and oxygen atoms in total. The summed E-state index contributed by atoms with van der Waals surface area (Å²) in [6.07, 6.45) is 14.8. The van der Waals surface area contributed by atoms with Crippen LogP contribution in [-0.2, 0) is 9.16 Å². The minimum Gasteiger partial charge on any atom is -0.462 e. The van der Waals surface area contributed by atoms with Gasteiger partial charge in [-0.3, -0.25) is 4.99 Å². The van der Waals surface area contributed by atoms with Crippen LogP contribution in [0.1, 0.15) is 77.1 Å². The Morgan fingerprint density at radius 1 is 1.32 bits per heavy atom. The number of unbranched alkanes of at least 4 members (excludes halogenated alkanes) is 1. The second-order valence-electron chi connectivity index (χ2n) is 12.2. The number of anilines is 1. The van der Waals surface area contributed by atoms with Gasteiger partial charge in [0.1, 0.15) is 6.23 Å². The van der Waals surface area contributed by atoms with Crippen LogP contribution in [0.15, 0.2) is 52.6 Å². The Morgan fingerprint density at radius 2 is 2.00 bits per heavy atom. The zero-order valence-electron chi connectivity index (χ0n) is 26.2. The van der Waals surface area contributed by atoms with Crippen LogP contribution in [0, 0.1) is 12.3 Å². The number of terminal acetylenes is 1. The number of carbonyl (C=O) groups excluding carboxylic acids is 1. The van der Waals surface area contributed by atoms with Gasteiger partial charge in [-0.25, -0.2) is 4.79 Å². The summed E-state index contributed by atoms with van der Waals surface area (Å²) in [5.41, 5.74) is 9.44. The molecule has 0 spiro atoms. The van der Waals surface area contributed by atoms with Gasteiger partial charge in [-0.15, -0.1) is 6.42 Å². The number of benzene rings is 1. The van der Waals surface area contributed by atoms with E-state index in [1.807, 2.05) is 24.4 Å². The highest BCUT2D eigenvalue weighted by atomic mass is 28.4. The summed E-state index contributed by atoms with van der Waals surface area (Å²) < 4.78 is 11.6. The van der Waals surface area contributed by atoms with Crippen molar-refractivity contribution in [1.82, 2.24) is 0 Å². The lowest BCUT2D eigenvalue weighted by Crippen LogP contribution is -2.41. The predicted octanol–water partition coefficient (Wildman–Crippen LogP) is 6.25. The smallest absolute Gasteiger partial charge is 0.338 e. The van der Waals surface area contributed by atoms with Gasteiger partial charge in [-0.1, -0.05) is 52.2 Å². The maximum Gasteiger partial charge on any atom is 0.338 e. The van der Waals surface area contributed by atoms with Crippen molar-refractivity contribution in [2.75, 3.05) is 24.7 Å². The molecule has 1 fully saturated rings. The van der Waals surface area contributed by atoms with E-state index in [-0.39, 0.29) is 23.1 Å². The van der Waals surface area contributed by atoms with Crippen LogP contribution in [0.5, 0.6) is 0 Å². The third kappa shape index (κ3) is 10.6. The standard InChI is InChI=1S/C33H51N3O4Si/c1-9-11-22-39-32(38)26-12-15-28(16-13-26)36(21-10-2)30-18-14-27(29(30)17-19-31(34)37)24-25(3)35-20-23-40-41(7,8)33(4,5)6/h2,12-13,15-17,20,24-25,30-31,37H,9,11,14,18-19,21-23,34H2,1,3-8H3/b27-24-,29-17+,35-20?. The van der Waals surface area contributed by atoms with Crippen molar-refractivity contribution in [1.29, 1.82) is 0 Å². The average Bonchev–Trinajstić information content (AvgIpc) is 3.29. The zero-order chi connectivity index (χ0) is 30.6. The van der Waals surface area contributed by atoms with E-state index in [0.717, 1.165) is 36.9 Å². The fourth-order valence-corrected chi connectivity index (χ4v) is 5.42. The monoisotopic (exact) mass is 581 g/mol. The van der Waals surface area contributed by atoms with Crippen molar-refractivity contribution >= 4 is 26.2 Å². The second kappa shape index (κ2) is 16.1. The number of aliphatic hydroxyl groups is 1. The van der Waals surface area contributed by atoms with Gasteiger partial charge in [0.05, 0.1) is 37.4 Å². The van der Waals surface area contributed by atoms with Crippen LogP contribution in [0.4, 0.5) is 5.69 Å². The molecule has 1 aliphatic carbocycles. The molecule has 0 bridgehead atoms. The lowest BCUT2D eigenvalue weighted by molar-refractivity contribution is 0.0499. The number of hydrogen-bond donors (Lipinski definition) is 2. The summed E-state index contributed by atoms with van der Waals surface area (Å²) in [6, 6.07) is 7.39. The summed E-state index contributed by atoms with van der Waals surface area (Å²) >= 11 is 0. The van der Waals surface area contributed by atoms with Gasteiger partial charge in [0.2, 0.25) is 0 Å². The first-order valence-electron chi connectivity index (χ1n) is 14.8. The van der Waals surface area contributed by atoms with E-state index in [2.05, 4.69) is 64.6 Å². The van der Waals surface area contributed by atoms with Gasteiger partial charge >= 0.3 is 5.97 Å². The van der Waals surface area contributed by atoms with E-state index in [4.69, 9.17) is 26.3 Å². The van der Waals surface area contributed by atoms with E-state index in [1.54, 1.807) is 12.1 Å². The number of nitrogens with zero attached hydrogens (tertiary/aromatic N) is 2. The van der Waals surface area contributed by atoms with Crippen molar-refractivity contribution in [3.8, 4) is 12.3 Å². The highest BCUT2D eigenvalue weighted by Crippen LogP contribution is 2.38. The summed E-state index contributed by atoms with van der Waals surface area (Å²) in [5.74, 6) is 2.47. The van der Waals surface area contributed by atoms with Crippen LogP contribution in [-0.4, -0.2) is 63.7 Å². The van der Waals surface area contributed by atoms with Crippen molar-refractivity contribution in [3.05, 3.63) is 53.1 Å². The van der Waals surface area contributed by atoms with Crippen LogP contribution in [0.2, 0.25) is 18.1 Å². The number of nitrogens with two attached hydrogens (primary N) is 1. The third-order valence-corrected chi connectivity index (χ3v) is 12.4. The summed E-state index contributed by atoms with van der Waals surface area (Å²) in [6.45, 7) is 16.6. The van der Waals surface area contributed by atoms with Gasteiger partial charge in [0, 0.05) is 18.3 Å². The molecular weight excluding hydrogens is 530 g/mol. The number of carbonyl (C=O) groups is 1. The fourth-order valence-electron chi connectivity index (χ4n) is 4.49. The van der Waals surface area contributed by atoms with Crippen molar-refractivity contribution in [2.45, 2.75) is 103 Å². The molecule has 8 heteroatoms. The van der Waals surface area contributed by atoms with Gasteiger partial charge < -0.3 is 24.9 Å². The number of aliphatic hydroxyl groups excluding tert-OH is 1. The Labute approximate surface area is 249 Å². The largest absolute Gasteiger partial charge is 0.462 e. The highest BCUT2D eigenvalue weighted by Gasteiger charge is 2.36. The van der Waals surface area contributed by atoms with Gasteiger partial charge in [0.15, 0.2) is 8.32 Å². The first-order valence-corrected chi connectivity index (χ1v) is 17.7. The number of hydrogen-bond acceptors (Lipinski definition) is 7. The maximum atomic E-state index is 12.4. The Morgan fingerprint density at radius 3 is 2.59 bits per heavy atom. The molecule has 0 heterocycles. The van der Waals surface area contributed by atoms with Crippen molar-refractivity contribution in [2.24, 2.45) is 10.7 Å². The predicted molar refractivity (Wildman–Crippen MR) is 173 cm³/mol. The van der Waals surface area contributed by atoms with E-state index < -0.39 is 14.5 Å². The molecule has 1 aromatic carbocycles. The van der Waals surface area contributed by atoms with E-state index >= 15 is 0 Å². The molecule has 1 saturated carbocycles. The molecule has 0 saturated heterocycles. The van der Waals surface area contributed by atoms with E-state index in [0.29, 0.717) is 31.7 Å². The van der Waals surface area contributed by atoms with Crippen LogP contribution in [0.3, 0.4) is 0 Å². The summed E-state index contributed by atoms with van der Waals surface area (Å²) in [7, 11) is -1.82. The number of aliphatic imine (C=N–C) groups is 1. The average molecular weight is 582 g/mol. The molecular formula is C33H51N3O4Si. The minimum absolute atomic E-state index is 0.0107. The topological polar surface area (TPSA) is 97.4 Å². The van der Waals surface area contributed by atoms with Gasteiger partial charge in [-0.2, -0.15) is 0 Å². The molecule has 3 atom stereocenters. The lowest BCUT2D eigenvalue weighted by Gasteiger charge is -2.35. The number of ether oxygens (including phenoxy) is 1. The molecule has 2 rings (SSSR count). The minimum atomic E-state index is -1.82. The Balaban J connectivity index is 2.23. The fraction of sp³-hybridized carbons (Fsp3) is 0.576. The number of rotatable bonds is 14. The van der Waals surface area contributed by atoms with E-state index in [1.165, 1.54) is 5.57 Å². The molecule has 3 N–H and O–H groups in total. The zero-order valence-corrected chi connectivity index (χ0v) is 27.2. The summed E-state index contributed by atoms with van der Waals surface area (Å²) in [5, 5.41) is 10.00. The van der Waals surface area contributed by atoms with Crippen LogP contribution < -0.4 is 10.6 Å². The van der Waals surface area contributed by atoms with Crippen molar-refractivity contribution in [3.63, 3.8) is 0 Å². The van der Waals surface area contributed by atoms with Gasteiger partial charge in [0.25, 0.3) is 0 Å². The third-order valence-electron chi connectivity index (χ3n) is 7.91.